The van der Waals surface area contributed by atoms with Gasteiger partial charge < -0.3 is 0 Å². The van der Waals surface area contributed by atoms with Crippen molar-refractivity contribution < 1.29 is 0 Å². The second kappa shape index (κ2) is 4.99. The molecule has 4 aromatic carbocycles. The van der Waals surface area contributed by atoms with Gasteiger partial charge in [0.25, 0.3) is 0 Å². The summed E-state index contributed by atoms with van der Waals surface area (Å²) in [6.45, 7) is 0. The van der Waals surface area contributed by atoms with E-state index in [9.17, 15) is 0 Å². The highest BCUT2D eigenvalue weighted by molar-refractivity contribution is 6.14. The molecule has 0 aliphatic heterocycles. The molecule has 98 valence electrons. The van der Waals surface area contributed by atoms with Crippen molar-refractivity contribution in [1.82, 2.24) is 0 Å². The fourth-order valence-corrected chi connectivity index (χ4v) is 2.87. The summed E-state index contributed by atoms with van der Waals surface area (Å²) in [5, 5.41) is 0. The van der Waals surface area contributed by atoms with Gasteiger partial charge in [0.15, 0.2) is 0 Å². The minimum atomic E-state index is 1.30. The number of hydrogen-bond donors (Lipinski definition) is 0. The molecule has 0 N–H and O–H groups in total. The molecule has 0 spiro atoms. The van der Waals surface area contributed by atoms with Crippen molar-refractivity contribution in [2.45, 2.75) is 0 Å². The molecule has 0 heteroatoms. The average Bonchev–Trinajstić information content (AvgIpc) is 3.33. The van der Waals surface area contributed by atoms with E-state index in [0.29, 0.717) is 0 Å². The van der Waals surface area contributed by atoms with Crippen molar-refractivity contribution in [2.75, 3.05) is 0 Å². The van der Waals surface area contributed by atoms with Crippen molar-refractivity contribution in [3.63, 3.8) is 0 Å². The highest BCUT2D eigenvalue weighted by Gasteiger charge is 2.37. The lowest BCUT2D eigenvalue weighted by Gasteiger charge is -1.87. The summed E-state index contributed by atoms with van der Waals surface area (Å²) in [6.07, 6.45) is 0. The smallest absolute Gasteiger partial charge is 0.0612 e. The number of rotatable bonds is 3. The van der Waals surface area contributed by atoms with Gasteiger partial charge in [-0.25, -0.2) is 0 Å². The van der Waals surface area contributed by atoms with Gasteiger partial charge >= 0.3 is 0 Å². The normalized spacial score (nSPS) is 10.9. The summed E-state index contributed by atoms with van der Waals surface area (Å²) < 4.78 is 0. The van der Waals surface area contributed by atoms with Crippen molar-refractivity contribution in [2.24, 2.45) is 0 Å². The van der Waals surface area contributed by atoms with E-state index in [-0.39, 0.29) is 0 Å². The van der Waals surface area contributed by atoms with Gasteiger partial charge in [0.1, 0.15) is 16.7 Å². The van der Waals surface area contributed by atoms with Crippen LogP contribution in [0.15, 0.2) is 91.0 Å². The fourth-order valence-electron chi connectivity index (χ4n) is 2.87. The van der Waals surface area contributed by atoms with Gasteiger partial charge in [-0.15, -0.1) is 0 Å². The minimum absolute atomic E-state index is 1.30. The van der Waals surface area contributed by atoms with Gasteiger partial charge in [0, 0.05) is 0 Å². The van der Waals surface area contributed by atoms with E-state index in [1.165, 1.54) is 33.4 Å². The number of benzene rings is 3. The van der Waals surface area contributed by atoms with Gasteiger partial charge in [-0.3, -0.25) is 0 Å². The Hall–Kier alpha value is -2.73. The minimum Gasteiger partial charge on any atom is -0.0612 e. The summed E-state index contributed by atoms with van der Waals surface area (Å²) in [5.41, 5.74) is 8.05. The monoisotopic (exact) mass is 267 g/mol. The van der Waals surface area contributed by atoms with Crippen LogP contribution in [-0.2, 0) is 0 Å². The molecule has 0 radical (unpaired) electrons. The first kappa shape index (κ1) is 12.0. The van der Waals surface area contributed by atoms with Crippen LogP contribution in [0.25, 0.3) is 33.4 Å². The first-order valence-corrected chi connectivity index (χ1v) is 7.23. The molecule has 0 fully saturated rings. The van der Waals surface area contributed by atoms with Gasteiger partial charge in [-0.1, -0.05) is 42.5 Å². The van der Waals surface area contributed by atoms with Crippen LogP contribution >= 0.6 is 0 Å². The third-order valence-electron chi connectivity index (χ3n) is 3.87. The lowest BCUT2D eigenvalue weighted by Crippen LogP contribution is -1.68. The SMILES string of the molecule is c1ccc(-c2c(-c3ccccc3)[c+]2-c2ccccc2)cc1. The predicted molar refractivity (Wildman–Crippen MR) is 89.5 cm³/mol. The summed E-state index contributed by atoms with van der Waals surface area (Å²) in [4.78, 5) is 0. The van der Waals surface area contributed by atoms with E-state index in [2.05, 4.69) is 91.0 Å². The Morgan fingerprint density at radius 2 is 0.810 bits per heavy atom. The van der Waals surface area contributed by atoms with Gasteiger partial charge in [0.05, 0.1) is 16.7 Å². The molecule has 0 aliphatic rings. The number of hydrogen-bond acceptors (Lipinski definition) is 0. The Labute approximate surface area is 125 Å². The largest absolute Gasteiger partial charge is 0.120 e. The molecule has 4 aromatic rings. The van der Waals surface area contributed by atoms with Crippen molar-refractivity contribution >= 4 is 0 Å². The van der Waals surface area contributed by atoms with Crippen LogP contribution in [0, 0.1) is 0 Å². The summed E-state index contributed by atoms with van der Waals surface area (Å²) in [5.74, 6) is 0. The Balaban J connectivity index is 1.88. The van der Waals surface area contributed by atoms with Crippen LogP contribution in [0.4, 0.5) is 0 Å². The van der Waals surface area contributed by atoms with Crippen LogP contribution in [0.1, 0.15) is 0 Å². The van der Waals surface area contributed by atoms with E-state index < -0.39 is 0 Å². The Morgan fingerprint density at radius 1 is 0.429 bits per heavy atom. The Morgan fingerprint density at radius 3 is 1.24 bits per heavy atom. The second-order valence-electron chi connectivity index (χ2n) is 5.22. The summed E-state index contributed by atoms with van der Waals surface area (Å²) in [6, 6.07) is 31.9. The molecule has 4 rings (SSSR count). The Bertz CT molecular complexity index is 683. The highest BCUT2D eigenvalue weighted by Crippen LogP contribution is 2.54. The van der Waals surface area contributed by atoms with E-state index in [1.807, 2.05) is 0 Å². The van der Waals surface area contributed by atoms with E-state index in [1.54, 1.807) is 0 Å². The zero-order valence-electron chi connectivity index (χ0n) is 11.7. The molecular formula is C21H15+. The third kappa shape index (κ3) is 2.15. The first-order chi connectivity index (χ1) is 10.4. The molecule has 0 saturated heterocycles. The molecule has 21 heavy (non-hydrogen) atoms. The lowest BCUT2D eigenvalue weighted by atomic mass is 10.1. The molecule has 0 amide bonds. The molecule has 0 nitrogen and oxygen atoms in total. The van der Waals surface area contributed by atoms with Gasteiger partial charge in [-0.05, 0) is 48.5 Å². The Kier molecular flexibility index (Phi) is 2.86. The van der Waals surface area contributed by atoms with Crippen LogP contribution < -0.4 is 0 Å². The first-order valence-electron chi connectivity index (χ1n) is 7.23. The maximum Gasteiger partial charge on any atom is 0.120 e. The zero-order valence-corrected chi connectivity index (χ0v) is 11.7. The zero-order chi connectivity index (χ0) is 14.1. The van der Waals surface area contributed by atoms with Crippen LogP contribution in [-0.4, -0.2) is 0 Å². The molecule has 0 aliphatic carbocycles. The lowest BCUT2D eigenvalue weighted by molar-refractivity contribution is 1.69. The molecule has 0 saturated carbocycles. The third-order valence-corrected chi connectivity index (χ3v) is 3.87. The molecule has 0 unspecified atom stereocenters. The molecule has 0 heterocycles. The highest BCUT2D eigenvalue weighted by atomic mass is 14.3. The molecular weight excluding hydrogens is 252 g/mol. The maximum atomic E-state index is 2.19. The quantitative estimate of drug-likeness (QED) is 0.409. The topological polar surface area (TPSA) is 0 Å². The van der Waals surface area contributed by atoms with Crippen LogP contribution in [0.2, 0.25) is 0 Å². The molecule has 0 aromatic heterocycles. The average molecular weight is 267 g/mol. The fraction of sp³-hybridized carbons (Fsp3) is 0. The van der Waals surface area contributed by atoms with Crippen LogP contribution in [0.5, 0.6) is 0 Å². The van der Waals surface area contributed by atoms with Gasteiger partial charge in [0.2, 0.25) is 0 Å². The van der Waals surface area contributed by atoms with Gasteiger partial charge in [-0.2, -0.15) is 0 Å². The maximum absolute atomic E-state index is 2.19. The molecule has 0 bridgehead atoms. The standard InChI is InChI=1S/C21H15/c1-4-10-16(11-5-1)19-20(17-12-6-2-7-13-17)21(19)18-14-8-3-9-15-18/h1-15H/q+1. The van der Waals surface area contributed by atoms with E-state index in [0.717, 1.165) is 0 Å². The summed E-state index contributed by atoms with van der Waals surface area (Å²) in [7, 11) is 0. The van der Waals surface area contributed by atoms with Crippen molar-refractivity contribution in [1.29, 1.82) is 0 Å². The van der Waals surface area contributed by atoms with E-state index >= 15 is 0 Å². The van der Waals surface area contributed by atoms with Crippen molar-refractivity contribution in [3.8, 4) is 33.4 Å². The predicted octanol–water partition coefficient (Wildman–Crippen LogP) is 5.84. The van der Waals surface area contributed by atoms with Crippen molar-refractivity contribution in [3.05, 3.63) is 91.0 Å². The van der Waals surface area contributed by atoms with Crippen LogP contribution in [0.3, 0.4) is 0 Å². The summed E-state index contributed by atoms with van der Waals surface area (Å²) >= 11 is 0. The van der Waals surface area contributed by atoms with E-state index in [4.69, 9.17) is 0 Å². The second-order valence-corrected chi connectivity index (χ2v) is 5.22. The molecule has 0 atom stereocenters.